The Kier molecular flexibility index (Phi) is 4.27. The maximum atomic E-state index is 12.2. The van der Waals surface area contributed by atoms with Crippen molar-refractivity contribution in [3.05, 3.63) is 65.2 Å². The number of aryl methyl sites for hydroxylation is 1. The van der Waals surface area contributed by atoms with Gasteiger partial charge in [0.2, 0.25) is 0 Å². The van der Waals surface area contributed by atoms with E-state index in [2.05, 4.69) is 0 Å². The molecule has 0 saturated heterocycles. The van der Waals surface area contributed by atoms with Crippen LogP contribution in [0.15, 0.2) is 53.4 Å². The molecule has 0 saturated carbocycles. The molecule has 100 valence electrons. The van der Waals surface area contributed by atoms with Gasteiger partial charge in [0.15, 0.2) is 9.84 Å². The summed E-state index contributed by atoms with van der Waals surface area (Å²) >= 11 is 5.70. The van der Waals surface area contributed by atoms with E-state index in [0.717, 1.165) is 16.7 Å². The van der Waals surface area contributed by atoms with E-state index in [4.69, 9.17) is 11.6 Å². The zero-order chi connectivity index (χ0) is 13.9. The van der Waals surface area contributed by atoms with Crippen LogP contribution in [0.25, 0.3) is 0 Å². The van der Waals surface area contributed by atoms with Crippen LogP contribution in [0.3, 0.4) is 0 Å². The number of sulfone groups is 1. The molecule has 0 fully saturated rings. The Morgan fingerprint density at radius 2 is 1.42 bits per heavy atom. The predicted octanol–water partition coefficient (Wildman–Crippen LogP) is 3.71. The van der Waals surface area contributed by atoms with E-state index in [1.807, 2.05) is 43.3 Å². The Morgan fingerprint density at radius 3 is 1.95 bits per heavy atom. The van der Waals surface area contributed by atoms with E-state index >= 15 is 0 Å². The minimum Gasteiger partial charge on any atom is -0.223 e. The highest BCUT2D eigenvalue weighted by Gasteiger charge is 2.14. The van der Waals surface area contributed by atoms with Crippen molar-refractivity contribution in [2.24, 2.45) is 0 Å². The highest BCUT2D eigenvalue weighted by Crippen LogP contribution is 2.17. The monoisotopic (exact) mass is 294 g/mol. The van der Waals surface area contributed by atoms with Gasteiger partial charge in [-0.2, -0.15) is 0 Å². The SMILES string of the molecule is Cc1ccc(S(=O)(=O)Cc2ccc(CCl)cc2)cc1. The highest BCUT2D eigenvalue weighted by atomic mass is 35.5. The van der Waals surface area contributed by atoms with Crippen molar-refractivity contribution < 1.29 is 8.42 Å². The van der Waals surface area contributed by atoms with Gasteiger partial charge in [-0.15, -0.1) is 11.6 Å². The largest absolute Gasteiger partial charge is 0.223 e. The first kappa shape index (κ1) is 14.1. The minimum atomic E-state index is -3.28. The molecule has 2 nitrogen and oxygen atoms in total. The third kappa shape index (κ3) is 3.58. The lowest BCUT2D eigenvalue weighted by molar-refractivity contribution is 0.595. The van der Waals surface area contributed by atoms with Crippen molar-refractivity contribution in [2.45, 2.75) is 23.5 Å². The molecule has 0 atom stereocenters. The van der Waals surface area contributed by atoms with Gasteiger partial charge in [-0.3, -0.25) is 0 Å². The molecule has 2 aromatic carbocycles. The Morgan fingerprint density at radius 1 is 0.895 bits per heavy atom. The maximum Gasteiger partial charge on any atom is 0.182 e. The lowest BCUT2D eigenvalue weighted by Crippen LogP contribution is -2.05. The summed E-state index contributed by atoms with van der Waals surface area (Å²) in [7, 11) is -3.28. The summed E-state index contributed by atoms with van der Waals surface area (Å²) in [6, 6.07) is 14.2. The van der Waals surface area contributed by atoms with Gasteiger partial charge >= 0.3 is 0 Å². The standard InChI is InChI=1S/C15H15ClO2S/c1-12-2-8-15(9-3-12)19(17,18)11-14-6-4-13(10-16)5-7-14/h2-9H,10-11H2,1H3. The zero-order valence-electron chi connectivity index (χ0n) is 10.6. The summed E-state index contributed by atoms with van der Waals surface area (Å²) in [6.07, 6.45) is 0. The molecule has 2 aromatic rings. The van der Waals surface area contributed by atoms with E-state index in [-0.39, 0.29) is 5.75 Å². The van der Waals surface area contributed by atoms with E-state index in [1.54, 1.807) is 12.1 Å². The van der Waals surface area contributed by atoms with Gasteiger partial charge in [-0.1, -0.05) is 42.0 Å². The molecule has 0 radical (unpaired) electrons. The molecular formula is C15H15ClO2S. The van der Waals surface area contributed by atoms with Crippen LogP contribution in [0.2, 0.25) is 0 Å². The van der Waals surface area contributed by atoms with Crippen molar-refractivity contribution >= 4 is 21.4 Å². The smallest absolute Gasteiger partial charge is 0.182 e. The number of hydrogen-bond acceptors (Lipinski definition) is 2. The zero-order valence-corrected chi connectivity index (χ0v) is 12.2. The Labute approximate surface area is 119 Å². The summed E-state index contributed by atoms with van der Waals surface area (Å²) in [5.41, 5.74) is 2.80. The summed E-state index contributed by atoms with van der Waals surface area (Å²) in [6.45, 7) is 1.93. The minimum absolute atomic E-state index is 0.0125. The lowest BCUT2D eigenvalue weighted by Gasteiger charge is -2.06. The van der Waals surface area contributed by atoms with Gasteiger partial charge in [-0.25, -0.2) is 8.42 Å². The van der Waals surface area contributed by atoms with Crippen molar-refractivity contribution in [3.63, 3.8) is 0 Å². The van der Waals surface area contributed by atoms with Crippen LogP contribution in [0.1, 0.15) is 16.7 Å². The summed E-state index contributed by atoms with van der Waals surface area (Å²) in [5, 5.41) is 0. The van der Waals surface area contributed by atoms with Crippen LogP contribution in [-0.2, 0) is 21.5 Å². The topological polar surface area (TPSA) is 34.1 Å². The normalized spacial score (nSPS) is 11.5. The van der Waals surface area contributed by atoms with Gasteiger partial charge in [0.25, 0.3) is 0 Å². The van der Waals surface area contributed by atoms with Gasteiger partial charge in [-0.05, 0) is 30.2 Å². The third-order valence-corrected chi connectivity index (χ3v) is 4.93. The molecular weight excluding hydrogens is 280 g/mol. The van der Waals surface area contributed by atoms with Crippen LogP contribution in [0, 0.1) is 6.92 Å². The van der Waals surface area contributed by atoms with Gasteiger partial charge in [0.05, 0.1) is 10.6 Å². The fourth-order valence-corrected chi connectivity index (χ4v) is 3.30. The van der Waals surface area contributed by atoms with Crippen LogP contribution >= 0.6 is 11.6 Å². The molecule has 2 rings (SSSR count). The van der Waals surface area contributed by atoms with Crippen LogP contribution < -0.4 is 0 Å². The summed E-state index contributed by atoms with van der Waals surface area (Å²) in [4.78, 5) is 0.361. The number of halogens is 1. The molecule has 0 aliphatic rings. The maximum absolute atomic E-state index is 12.2. The molecule has 0 heterocycles. The van der Waals surface area contributed by atoms with E-state index < -0.39 is 9.84 Å². The molecule has 0 N–H and O–H groups in total. The first-order chi connectivity index (χ1) is 9.01. The van der Waals surface area contributed by atoms with Crippen molar-refractivity contribution in [2.75, 3.05) is 0 Å². The van der Waals surface area contributed by atoms with E-state index in [1.165, 1.54) is 0 Å². The quantitative estimate of drug-likeness (QED) is 0.806. The second-order valence-corrected chi connectivity index (χ2v) is 6.78. The highest BCUT2D eigenvalue weighted by molar-refractivity contribution is 7.90. The lowest BCUT2D eigenvalue weighted by atomic mass is 10.2. The van der Waals surface area contributed by atoms with Crippen molar-refractivity contribution in [1.82, 2.24) is 0 Å². The molecule has 0 unspecified atom stereocenters. The number of rotatable bonds is 4. The van der Waals surface area contributed by atoms with Crippen LogP contribution in [0.4, 0.5) is 0 Å². The van der Waals surface area contributed by atoms with E-state index in [9.17, 15) is 8.42 Å². The summed E-state index contributed by atoms with van der Waals surface area (Å²) < 4.78 is 24.5. The second kappa shape index (κ2) is 5.76. The third-order valence-electron chi connectivity index (χ3n) is 2.91. The molecule has 0 amide bonds. The molecule has 19 heavy (non-hydrogen) atoms. The van der Waals surface area contributed by atoms with E-state index in [0.29, 0.717) is 10.8 Å². The molecule has 0 aromatic heterocycles. The molecule has 0 aliphatic carbocycles. The average molecular weight is 295 g/mol. The van der Waals surface area contributed by atoms with Gasteiger partial charge in [0.1, 0.15) is 0 Å². The van der Waals surface area contributed by atoms with Crippen LogP contribution in [0.5, 0.6) is 0 Å². The Balaban J connectivity index is 2.23. The predicted molar refractivity (Wildman–Crippen MR) is 78.1 cm³/mol. The molecule has 0 spiro atoms. The number of alkyl halides is 1. The first-order valence-corrected chi connectivity index (χ1v) is 8.13. The fraction of sp³-hybridized carbons (Fsp3) is 0.200. The average Bonchev–Trinajstić information content (AvgIpc) is 2.40. The second-order valence-electron chi connectivity index (χ2n) is 4.52. The van der Waals surface area contributed by atoms with Gasteiger partial charge in [0, 0.05) is 5.88 Å². The molecule has 4 heteroatoms. The molecule has 0 bridgehead atoms. The van der Waals surface area contributed by atoms with Crippen molar-refractivity contribution in [3.8, 4) is 0 Å². The fourth-order valence-electron chi connectivity index (χ4n) is 1.77. The Hall–Kier alpha value is -1.32. The first-order valence-electron chi connectivity index (χ1n) is 5.94. The number of benzene rings is 2. The number of hydrogen-bond donors (Lipinski definition) is 0. The van der Waals surface area contributed by atoms with Crippen molar-refractivity contribution in [1.29, 1.82) is 0 Å². The van der Waals surface area contributed by atoms with Crippen LogP contribution in [-0.4, -0.2) is 8.42 Å². The molecule has 0 aliphatic heterocycles. The summed E-state index contributed by atoms with van der Waals surface area (Å²) in [5.74, 6) is 0.448. The Bertz CT molecular complexity index is 644. The van der Waals surface area contributed by atoms with Gasteiger partial charge < -0.3 is 0 Å².